The SMILES string of the molecule is Br.Br.[B]CC. The highest BCUT2D eigenvalue weighted by Crippen LogP contribution is 1.49. The summed E-state index contributed by atoms with van der Waals surface area (Å²) in [6.07, 6.45) is 0.750. The van der Waals surface area contributed by atoms with Crippen molar-refractivity contribution < 1.29 is 0 Å². The van der Waals surface area contributed by atoms with Gasteiger partial charge in [0.15, 0.2) is 0 Å². The van der Waals surface area contributed by atoms with Gasteiger partial charge in [-0.3, -0.25) is 0 Å². The lowest BCUT2D eigenvalue weighted by Gasteiger charge is -1.46. The maximum absolute atomic E-state index is 4.85. The first-order chi connectivity index (χ1) is 1.41. The van der Waals surface area contributed by atoms with E-state index in [-0.39, 0.29) is 34.0 Å². The van der Waals surface area contributed by atoms with E-state index in [9.17, 15) is 0 Å². The van der Waals surface area contributed by atoms with Crippen LogP contribution in [0.1, 0.15) is 6.92 Å². The molecule has 32 valence electrons. The third-order valence-electron chi connectivity index (χ3n) is 0. The topological polar surface area (TPSA) is 0 Å². The maximum Gasteiger partial charge on any atom is 0.0649 e. The van der Waals surface area contributed by atoms with Crippen molar-refractivity contribution >= 4 is 41.8 Å². The van der Waals surface area contributed by atoms with Crippen molar-refractivity contribution in [1.29, 1.82) is 0 Å². The monoisotopic (exact) mass is 200 g/mol. The first-order valence-corrected chi connectivity index (χ1v) is 1.12. The predicted octanol–water partition coefficient (Wildman–Crippen LogP) is 1.75. The van der Waals surface area contributed by atoms with Gasteiger partial charge in [-0.15, -0.1) is 34.0 Å². The van der Waals surface area contributed by atoms with Gasteiger partial charge in [-0.1, -0.05) is 13.2 Å². The second kappa shape index (κ2) is 19.9. The molecular formula is C2H7BBr2. The first-order valence-electron chi connectivity index (χ1n) is 1.12. The molecule has 5 heavy (non-hydrogen) atoms. The molecule has 0 unspecified atom stereocenters. The van der Waals surface area contributed by atoms with Crippen LogP contribution in [0.5, 0.6) is 0 Å². The number of rotatable bonds is 0. The standard InChI is InChI=1S/C2H5B.2BrH/c1-2-3;;/h2H2,1H3;2*1H. The Morgan fingerprint density at radius 3 is 1.40 bits per heavy atom. The zero-order valence-electron chi connectivity index (χ0n) is 3.10. The average molecular weight is 202 g/mol. The molecular weight excluding hydrogens is 195 g/mol. The summed E-state index contributed by atoms with van der Waals surface area (Å²) in [6, 6.07) is 0. The second-order valence-corrected chi connectivity index (χ2v) is 0.408. The highest BCUT2D eigenvalue weighted by molar-refractivity contribution is 8.93. The van der Waals surface area contributed by atoms with E-state index in [4.69, 9.17) is 7.85 Å². The van der Waals surface area contributed by atoms with Gasteiger partial charge in [0.05, 0.1) is 7.85 Å². The van der Waals surface area contributed by atoms with E-state index in [0.717, 1.165) is 6.32 Å². The Balaban J connectivity index is -0.0000000200. The van der Waals surface area contributed by atoms with Crippen LogP contribution in [0.25, 0.3) is 0 Å². The van der Waals surface area contributed by atoms with Crippen molar-refractivity contribution in [3.05, 3.63) is 0 Å². The van der Waals surface area contributed by atoms with Crippen LogP contribution in [0.3, 0.4) is 0 Å². The minimum Gasteiger partial charge on any atom is -0.114 e. The zero-order valence-corrected chi connectivity index (χ0v) is 6.53. The molecule has 0 aliphatic rings. The molecule has 0 nitrogen and oxygen atoms in total. The Hall–Kier alpha value is 1.02. The Kier molecular flexibility index (Phi) is 66.0. The van der Waals surface area contributed by atoms with Crippen LogP contribution in [0, 0.1) is 0 Å². The van der Waals surface area contributed by atoms with Gasteiger partial charge in [-0.05, 0) is 0 Å². The van der Waals surface area contributed by atoms with Crippen LogP contribution in [-0.2, 0) is 0 Å². The first kappa shape index (κ1) is 16.6. The summed E-state index contributed by atoms with van der Waals surface area (Å²) in [6.45, 7) is 1.90. The number of hydrogen-bond acceptors (Lipinski definition) is 0. The van der Waals surface area contributed by atoms with Gasteiger partial charge in [-0.2, -0.15) is 0 Å². The molecule has 0 fully saturated rings. The van der Waals surface area contributed by atoms with Crippen LogP contribution >= 0.6 is 34.0 Å². The molecule has 0 aromatic heterocycles. The number of hydrogen-bond donors (Lipinski definition) is 0. The predicted molar refractivity (Wildman–Crippen MR) is 36.9 cm³/mol. The molecule has 2 radical (unpaired) electrons. The Labute approximate surface area is 55.3 Å². The fraction of sp³-hybridized carbons (Fsp3) is 1.00. The molecule has 0 bridgehead atoms. The van der Waals surface area contributed by atoms with Crippen molar-refractivity contribution in [2.75, 3.05) is 0 Å². The van der Waals surface area contributed by atoms with Gasteiger partial charge in [0, 0.05) is 0 Å². The van der Waals surface area contributed by atoms with Crippen molar-refractivity contribution in [2.45, 2.75) is 13.2 Å². The van der Waals surface area contributed by atoms with E-state index in [1.165, 1.54) is 0 Å². The third-order valence-corrected chi connectivity index (χ3v) is 0. The van der Waals surface area contributed by atoms with Crippen LogP contribution < -0.4 is 0 Å². The highest BCUT2D eigenvalue weighted by Gasteiger charge is 1.37. The van der Waals surface area contributed by atoms with Gasteiger partial charge in [0.25, 0.3) is 0 Å². The van der Waals surface area contributed by atoms with Crippen molar-refractivity contribution in [2.24, 2.45) is 0 Å². The summed E-state index contributed by atoms with van der Waals surface area (Å²) in [5.41, 5.74) is 0. The van der Waals surface area contributed by atoms with Crippen LogP contribution in [0.2, 0.25) is 6.32 Å². The third kappa shape index (κ3) is 43.8. The van der Waals surface area contributed by atoms with Crippen molar-refractivity contribution in [3.8, 4) is 0 Å². The highest BCUT2D eigenvalue weighted by atomic mass is 79.9. The normalized spacial score (nSPS) is 3.40. The van der Waals surface area contributed by atoms with E-state index < -0.39 is 0 Å². The van der Waals surface area contributed by atoms with Gasteiger partial charge in [0.2, 0.25) is 0 Å². The molecule has 0 spiro atoms. The van der Waals surface area contributed by atoms with E-state index >= 15 is 0 Å². The van der Waals surface area contributed by atoms with Crippen LogP contribution in [0.15, 0.2) is 0 Å². The Morgan fingerprint density at radius 2 is 1.40 bits per heavy atom. The van der Waals surface area contributed by atoms with Crippen LogP contribution in [0.4, 0.5) is 0 Å². The van der Waals surface area contributed by atoms with E-state index in [1.807, 2.05) is 6.92 Å². The van der Waals surface area contributed by atoms with Crippen molar-refractivity contribution in [1.82, 2.24) is 0 Å². The Morgan fingerprint density at radius 1 is 1.40 bits per heavy atom. The molecule has 0 saturated carbocycles. The summed E-state index contributed by atoms with van der Waals surface area (Å²) in [5, 5.41) is 0. The van der Waals surface area contributed by atoms with Crippen molar-refractivity contribution in [3.63, 3.8) is 0 Å². The van der Waals surface area contributed by atoms with E-state index in [1.54, 1.807) is 0 Å². The zero-order chi connectivity index (χ0) is 2.71. The lowest BCUT2D eigenvalue weighted by Crippen LogP contribution is -1.41. The summed E-state index contributed by atoms with van der Waals surface area (Å²) < 4.78 is 0. The molecule has 0 aromatic rings. The van der Waals surface area contributed by atoms with Gasteiger partial charge >= 0.3 is 0 Å². The minimum atomic E-state index is 0. The molecule has 3 heteroatoms. The molecule has 0 amide bonds. The van der Waals surface area contributed by atoms with Gasteiger partial charge < -0.3 is 0 Å². The molecule has 0 saturated heterocycles. The number of halogens is 2. The van der Waals surface area contributed by atoms with E-state index in [0.29, 0.717) is 0 Å². The Bertz CT molecular complexity index is 7.61. The summed E-state index contributed by atoms with van der Waals surface area (Å²) in [4.78, 5) is 0. The molecule has 0 aliphatic heterocycles. The average Bonchev–Trinajstić information content (AvgIpc) is 0.918. The molecule has 0 aromatic carbocycles. The fourth-order valence-electron chi connectivity index (χ4n) is 0. The summed E-state index contributed by atoms with van der Waals surface area (Å²) >= 11 is 0. The van der Waals surface area contributed by atoms with Gasteiger partial charge in [-0.25, -0.2) is 0 Å². The van der Waals surface area contributed by atoms with Crippen LogP contribution in [-0.4, -0.2) is 7.85 Å². The van der Waals surface area contributed by atoms with E-state index in [2.05, 4.69) is 0 Å². The molecule has 0 atom stereocenters. The quantitative estimate of drug-likeness (QED) is 0.524. The summed E-state index contributed by atoms with van der Waals surface area (Å²) in [7, 11) is 4.85. The molecule has 0 rings (SSSR count). The molecule has 0 N–H and O–H groups in total. The summed E-state index contributed by atoms with van der Waals surface area (Å²) in [5.74, 6) is 0. The van der Waals surface area contributed by atoms with Gasteiger partial charge in [0.1, 0.15) is 0 Å². The maximum atomic E-state index is 4.85. The lowest BCUT2D eigenvalue weighted by atomic mass is 10.1. The molecule has 0 aliphatic carbocycles. The second-order valence-electron chi connectivity index (χ2n) is 0.408. The smallest absolute Gasteiger partial charge is 0.0649 e. The minimum absolute atomic E-state index is 0. The largest absolute Gasteiger partial charge is 0.114 e. The lowest BCUT2D eigenvalue weighted by molar-refractivity contribution is 1.48. The molecule has 0 heterocycles. The fourth-order valence-corrected chi connectivity index (χ4v) is 0.